The first-order valence-electron chi connectivity index (χ1n) is 5.26. The average molecular weight is 180 g/mol. The van der Waals surface area contributed by atoms with Crippen molar-refractivity contribution in [2.45, 2.75) is 46.1 Å². The van der Waals surface area contributed by atoms with Crippen LogP contribution in [0.15, 0.2) is 0 Å². The molecule has 13 heavy (non-hydrogen) atoms. The predicted molar refractivity (Wildman–Crippen MR) is 55.0 cm³/mol. The minimum absolute atomic E-state index is 0.300. The zero-order chi connectivity index (χ0) is 9.84. The van der Waals surface area contributed by atoms with E-state index in [1.54, 1.807) is 0 Å². The van der Waals surface area contributed by atoms with Crippen molar-refractivity contribution in [1.82, 2.24) is 0 Å². The molecule has 0 heterocycles. The topological polar surface area (TPSA) is 9.23 Å². The summed E-state index contributed by atoms with van der Waals surface area (Å²) in [6.45, 7) is 6.80. The molecule has 0 aromatic rings. The van der Waals surface area contributed by atoms with Crippen molar-refractivity contribution in [2.24, 2.45) is 17.8 Å². The molecule has 0 bridgehead atoms. The van der Waals surface area contributed by atoms with Crippen LogP contribution in [-0.2, 0) is 4.74 Å². The molecule has 0 spiro atoms. The molecular weight excluding hydrogens is 160 g/mol. The van der Waals surface area contributed by atoms with Gasteiger partial charge < -0.3 is 4.74 Å². The van der Waals surface area contributed by atoms with Crippen LogP contribution in [0.1, 0.15) is 40.0 Å². The third-order valence-corrected chi connectivity index (χ3v) is 3.18. The predicted octanol–water partition coefficient (Wildman–Crippen LogP) is 3.05. The molecule has 1 aliphatic rings. The summed E-state index contributed by atoms with van der Waals surface area (Å²) in [4.78, 5) is 0. The molecule has 0 saturated heterocycles. The van der Waals surface area contributed by atoms with E-state index in [4.69, 9.17) is 11.2 Å². The van der Waals surface area contributed by atoms with Crippen LogP contribution in [0, 0.1) is 30.3 Å². The van der Waals surface area contributed by atoms with Crippen LogP contribution >= 0.6 is 0 Å². The van der Waals surface area contributed by atoms with Crippen molar-refractivity contribution in [2.75, 3.05) is 0 Å². The maximum absolute atomic E-state index is 5.35. The van der Waals surface area contributed by atoms with Crippen LogP contribution in [0.2, 0.25) is 0 Å². The fourth-order valence-electron chi connectivity index (χ4n) is 2.34. The second kappa shape index (κ2) is 4.56. The molecule has 1 rings (SSSR count). The highest BCUT2D eigenvalue weighted by Crippen LogP contribution is 2.34. The van der Waals surface area contributed by atoms with Gasteiger partial charge in [-0.1, -0.05) is 33.6 Å². The highest BCUT2D eigenvalue weighted by atomic mass is 16.5. The van der Waals surface area contributed by atoms with Gasteiger partial charge in [-0.3, -0.25) is 0 Å². The average Bonchev–Trinajstić information content (AvgIpc) is 2.04. The van der Waals surface area contributed by atoms with Crippen LogP contribution in [0.4, 0.5) is 0 Å². The van der Waals surface area contributed by atoms with E-state index in [9.17, 15) is 0 Å². The molecule has 1 saturated carbocycles. The van der Waals surface area contributed by atoms with E-state index < -0.39 is 0 Å². The molecule has 1 fully saturated rings. The molecule has 0 aliphatic heterocycles. The monoisotopic (exact) mass is 180 g/mol. The van der Waals surface area contributed by atoms with Gasteiger partial charge in [0.2, 0.25) is 0 Å². The van der Waals surface area contributed by atoms with Gasteiger partial charge in [0.25, 0.3) is 0 Å². The van der Waals surface area contributed by atoms with E-state index in [1.165, 1.54) is 12.8 Å². The van der Waals surface area contributed by atoms with Gasteiger partial charge in [0.15, 0.2) is 0 Å². The molecule has 1 nitrogen and oxygen atoms in total. The van der Waals surface area contributed by atoms with Gasteiger partial charge >= 0.3 is 0 Å². The Balaban J connectivity index is 2.56. The van der Waals surface area contributed by atoms with Crippen LogP contribution in [-0.4, -0.2) is 6.10 Å². The molecule has 74 valence electrons. The fraction of sp³-hybridized carbons (Fsp3) is 0.833. The zero-order valence-corrected chi connectivity index (χ0v) is 8.92. The summed E-state index contributed by atoms with van der Waals surface area (Å²) in [5, 5.41) is 0. The Kier molecular flexibility index (Phi) is 3.66. The van der Waals surface area contributed by atoms with Gasteiger partial charge in [-0.05, 0) is 30.6 Å². The van der Waals surface area contributed by atoms with E-state index in [1.807, 2.05) is 0 Å². The first-order chi connectivity index (χ1) is 6.15. The van der Waals surface area contributed by atoms with Gasteiger partial charge in [-0.25, -0.2) is 0 Å². The first-order valence-corrected chi connectivity index (χ1v) is 5.26. The smallest absolute Gasteiger partial charge is 0.114 e. The normalized spacial score (nSPS) is 34.2. The second-order valence-electron chi connectivity index (χ2n) is 4.60. The Morgan fingerprint density at radius 2 is 2.08 bits per heavy atom. The number of hydrogen-bond donors (Lipinski definition) is 0. The van der Waals surface area contributed by atoms with Crippen molar-refractivity contribution >= 4 is 0 Å². The highest BCUT2D eigenvalue weighted by molar-refractivity contribution is 4.84. The molecule has 0 radical (unpaired) electrons. The molecule has 1 heteroatoms. The molecule has 0 aromatic heterocycles. The maximum atomic E-state index is 5.35. The van der Waals surface area contributed by atoms with Crippen molar-refractivity contribution in [3.05, 3.63) is 0 Å². The third kappa shape index (κ3) is 2.66. The lowest BCUT2D eigenvalue weighted by Gasteiger charge is -2.35. The van der Waals surface area contributed by atoms with Crippen molar-refractivity contribution in [3.8, 4) is 12.5 Å². The minimum Gasteiger partial charge on any atom is -0.443 e. The maximum Gasteiger partial charge on any atom is 0.114 e. The number of ether oxygens (including phenoxy) is 1. The van der Waals surface area contributed by atoms with Crippen LogP contribution in [0.5, 0.6) is 0 Å². The van der Waals surface area contributed by atoms with Crippen molar-refractivity contribution in [1.29, 1.82) is 0 Å². The van der Waals surface area contributed by atoms with Gasteiger partial charge in [-0.2, -0.15) is 0 Å². The van der Waals surface area contributed by atoms with E-state index in [0.29, 0.717) is 17.9 Å². The minimum atomic E-state index is 0.300. The Bertz CT molecular complexity index is 190. The first kappa shape index (κ1) is 10.4. The Hall–Kier alpha value is -0.640. The molecule has 3 atom stereocenters. The zero-order valence-electron chi connectivity index (χ0n) is 8.92. The summed E-state index contributed by atoms with van der Waals surface area (Å²) in [6.07, 6.45) is 11.6. The summed E-state index contributed by atoms with van der Waals surface area (Å²) < 4.78 is 5.35. The van der Waals surface area contributed by atoms with Crippen molar-refractivity contribution in [3.63, 3.8) is 0 Å². The SMILES string of the molecule is C#CO[C@@H]1C[C@H](C)CC[C@H]1C(C)C. The second-order valence-corrected chi connectivity index (χ2v) is 4.60. The Morgan fingerprint density at radius 3 is 2.62 bits per heavy atom. The summed E-state index contributed by atoms with van der Waals surface area (Å²) >= 11 is 0. The van der Waals surface area contributed by atoms with Crippen LogP contribution in [0.3, 0.4) is 0 Å². The van der Waals surface area contributed by atoms with Gasteiger partial charge in [0, 0.05) is 0 Å². The lowest BCUT2D eigenvalue weighted by atomic mass is 9.75. The summed E-state index contributed by atoms with van der Waals surface area (Å²) in [5.41, 5.74) is 0. The van der Waals surface area contributed by atoms with Crippen LogP contribution in [0.25, 0.3) is 0 Å². The largest absolute Gasteiger partial charge is 0.443 e. The Morgan fingerprint density at radius 1 is 1.38 bits per heavy atom. The molecular formula is C12H20O. The van der Waals surface area contributed by atoms with Gasteiger partial charge in [0.05, 0.1) is 0 Å². The van der Waals surface area contributed by atoms with Crippen LogP contribution < -0.4 is 0 Å². The molecule has 1 aliphatic carbocycles. The van der Waals surface area contributed by atoms with E-state index in [2.05, 4.69) is 26.9 Å². The Labute approximate surface area is 81.9 Å². The lowest BCUT2D eigenvalue weighted by molar-refractivity contribution is 0.0254. The highest BCUT2D eigenvalue weighted by Gasteiger charge is 2.31. The third-order valence-electron chi connectivity index (χ3n) is 3.18. The number of rotatable bonds is 2. The molecule has 0 unspecified atom stereocenters. The fourth-order valence-corrected chi connectivity index (χ4v) is 2.34. The van der Waals surface area contributed by atoms with E-state index in [-0.39, 0.29) is 0 Å². The molecule has 0 amide bonds. The standard InChI is InChI=1S/C12H20O/c1-5-13-12-8-10(4)6-7-11(12)9(2)3/h1,9-12H,6-8H2,2-4H3/t10-,11+,12-/m1/s1. The lowest BCUT2D eigenvalue weighted by Crippen LogP contribution is -2.33. The number of terminal acetylenes is 1. The molecule has 0 aromatic carbocycles. The molecule has 0 N–H and O–H groups in total. The van der Waals surface area contributed by atoms with E-state index >= 15 is 0 Å². The van der Waals surface area contributed by atoms with Gasteiger partial charge in [0.1, 0.15) is 12.2 Å². The number of hydrogen-bond acceptors (Lipinski definition) is 1. The quantitative estimate of drug-likeness (QED) is 0.593. The summed E-state index contributed by atoms with van der Waals surface area (Å²) in [5.74, 6) is 2.12. The van der Waals surface area contributed by atoms with Gasteiger partial charge in [-0.15, -0.1) is 0 Å². The van der Waals surface area contributed by atoms with E-state index in [0.717, 1.165) is 12.3 Å². The summed E-state index contributed by atoms with van der Waals surface area (Å²) in [7, 11) is 0. The summed E-state index contributed by atoms with van der Waals surface area (Å²) in [6, 6.07) is 0. The van der Waals surface area contributed by atoms with Crippen molar-refractivity contribution < 1.29 is 4.74 Å².